The van der Waals surface area contributed by atoms with Gasteiger partial charge in [-0.15, -0.1) is 11.8 Å². The molecule has 0 atom stereocenters. The fraction of sp³-hybridized carbons (Fsp3) is 0.304. The maximum atomic E-state index is 5.50. The number of hydrogen-bond donors (Lipinski definition) is 0. The molecule has 1 aromatic heterocycles. The van der Waals surface area contributed by atoms with E-state index in [9.17, 15) is 0 Å². The quantitative estimate of drug-likeness (QED) is 0.365. The summed E-state index contributed by atoms with van der Waals surface area (Å²) in [5.74, 6) is 3.27. The highest BCUT2D eigenvalue weighted by molar-refractivity contribution is 7.98. The van der Waals surface area contributed by atoms with Crippen LogP contribution < -0.4 is 18.9 Å². The molecule has 158 valence electrons. The maximum Gasteiger partial charge on any atom is 0.161 e. The van der Waals surface area contributed by atoms with Crippen LogP contribution in [0.15, 0.2) is 41.4 Å². The van der Waals surface area contributed by atoms with Crippen LogP contribution in [-0.2, 0) is 6.42 Å². The zero-order valence-corrected chi connectivity index (χ0v) is 18.9. The van der Waals surface area contributed by atoms with Crippen LogP contribution in [0.1, 0.15) is 12.5 Å². The van der Waals surface area contributed by atoms with E-state index in [0.29, 0.717) is 28.8 Å². The van der Waals surface area contributed by atoms with E-state index in [-0.39, 0.29) is 0 Å². The Morgan fingerprint density at radius 1 is 0.733 bits per heavy atom. The van der Waals surface area contributed by atoms with Crippen molar-refractivity contribution in [3.63, 3.8) is 0 Å². The maximum absolute atomic E-state index is 5.50. The molecule has 2 aromatic carbocycles. The van der Waals surface area contributed by atoms with E-state index < -0.39 is 0 Å². The summed E-state index contributed by atoms with van der Waals surface area (Å²) in [4.78, 5) is 9.76. The lowest BCUT2D eigenvalue weighted by Gasteiger charge is -2.16. The van der Waals surface area contributed by atoms with Crippen molar-refractivity contribution >= 4 is 11.8 Å². The average Bonchev–Trinajstić information content (AvgIpc) is 2.81. The van der Waals surface area contributed by atoms with Gasteiger partial charge in [-0.25, -0.2) is 9.97 Å². The standard InChI is InChI=1S/C23H26N2O4S/c1-7-16-21(14-8-10-17(26-2)19(12-14)28-4)24-22(25-23(16)30-6)15-9-11-18(27-3)20(13-15)29-5/h8-13H,7H2,1-6H3. The molecule has 3 aromatic rings. The van der Waals surface area contributed by atoms with Gasteiger partial charge in [0.2, 0.25) is 0 Å². The van der Waals surface area contributed by atoms with Crippen molar-refractivity contribution < 1.29 is 18.9 Å². The van der Waals surface area contributed by atoms with Crippen molar-refractivity contribution in [1.29, 1.82) is 0 Å². The monoisotopic (exact) mass is 426 g/mol. The van der Waals surface area contributed by atoms with Crippen LogP contribution in [-0.4, -0.2) is 44.7 Å². The lowest BCUT2D eigenvalue weighted by Crippen LogP contribution is -2.02. The molecule has 0 radical (unpaired) electrons. The molecule has 3 rings (SSSR count). The molecule has 1 heterocycles. The second-order valence-corrected chi connectivity index (χ2v) is 7.17. The van der Waals surface area contributed by atoms with Gasteiger partial charge in [0.15, 0.2) is 28.8 Å². The Balaban J connectivity index is 2.22. The molecule has 0 N–H and O–H groups in total. The van der Waals surface area contributed by atoms with E-state index in [2.05, 4.69) is 6.92 Å². The molecule has 0 spiro atoms. The number of ether oxygens (including phenoxy) is 4. The number of benzene rings is 2. The van der Waals surface area contributed by atoms with Gasteiger partial charge in [0.25, 0.3) is 0 Å². The summed E-state index contributed by atoms with van der Waals surface area (Å²) in [5.41, 5.74) is 3.78. The Labute approximate surface area is 181 Å². The van der Waals surface area contributed by atoms with E-state index in [0.717, 1.165) is 33.8 Å². The smallest absolute Gasteiger partial charge is 0.161 e. The molecule has 6 nitrogen and oxygen atoms in total. The van der Waals surface area contributed by atoms with Gasteiger partial charge in [-0.3, -0.25) is 0 Å². The first-order valence-corrected chi connectivity index (χ1v) is 10.7. The van der Waals surface area contributed by atoms with Gasteiger partial charge in [-0.1, -0.05) is 6.92 Å². The zero-order valence-electron chi connectivity index (χ0n) is 18.1. The minimum Gasteiger partial charge on any atom is -0.493 e. The summed E-state index contributed by atoms with van der Waals surface area (Å²) < 4.78 is 21.7. The van der Waals surface area contributed by atoms with Gasteiger partial charge in [-0.05, 0) is 49.1 Å². The van der Waals surface area contributed by atoms with E-state index >= 15 is 0 Å². The Hall–Kier alpha value is -2.93. The summed E-state index contributed by atoms with van der Waals surface area (Å²) in [6.07, 6.45) is 2.84. The van der Waals surface area contributed by atoms with Crippen molar-refractivity contribution in [3.8, 4) is 45.6 Å². The second kappa shape index (κ2) is 9.71. The lowest BCUT2D eigenvalue weighted by molar-refractivity contribution is 0.355. The number of rotatable bonds is 8. The highest BCUT2D eigenvalue weighted by atomic mass is 32.2. The zero-order chi connectivity index (χ0) is 21.7. The first-order chi connectivity index (χ1) is 14.6. The van der Waals surface area contributed by atoms with E-state index in [1.807, 2.05) is 42.7 Å². The molecule has 7 heteroatoms. The predicted molar refractivity (Wildman–Crippen MR) is 120 cm³/mol. The first kappa shape index (κ1) is 21.8. The first-order valence-electron chi connectivity index (χ1n) is 9.49. The molecule has 0 aliphatic heterocycles. The predicted octanol–water partition coefficient (Wildman–Crippen LogP) is 5.13. The summed E-state index contributed by atoms with van der Waals surface area (Å²) in [6, 6.07) is 11.5. The summed E-state index contributed by atoms with van der Waals surface area (Å²) in [7, 11) is 6.49. The Bertz CT molecular complexity index is 1040. The average molecular weight is 427 g/mol. The van der Waals surface area contributed by atoms with Crippen LogP contribution in [0.3, 0.4) is 0 Å². The SMILES string of the molecule is CCc1c(SC)nc(-c2ccc(OC)c(OC)c2)nc1-c1ccc(OC)c(OC)c1. The van der Waals surface area contributed by atoms with Gasteiger partial charge in [0.1, 0.15) is 5.03 Å². The largest absolute Gasteiger partial charge is 0.493 e. The summed E-state index contributed by atoms with van der Waals surface area (Å²) >= 11 is 1.61. The molecule has 0 amide bonds. The fourth-order valence-electron chi connectivity index (χ4n) is 3.28. The van der Waals surface area contributed by atoms with Crippen LogP contribution in [0.4, 0.5) is 0 Å². The Morgan fingerprint density at radius 3 is 1.77 bits per heavy atom. The van der Waals surface area contributed by atoms with E-state index in [1.165, 1.54) is 0 Å². The fourth-order valence-corrected chi connectivity index (χ4v) is 3.94. The Morgan fingerprint density at radius 2 is 1.27 bits per heavy atom. The molecule has 0 fully saturated rings. The molecular formula is C23H26N2O4S. The van der Waals surface area contributed by atoms with Gasteiger partial charge in [0, 0.05) is 16.7 Å². The highest BCUT2D eigenvalue weighted by Gasteiger charge is 2.18. The number of methoxy groups -OCH3 is 4. The molecular weight excluding hydrogens is 400 g/mol. The van der Waals surface area contributed by atoms with Crippen molar-refractivity contribution in [2.45, 2.75) is 18.4 Å². The topological polar surface area (TPSA) is 62.7 Å². The third-order valence-corrected chi connectivity index (χ3v) is 5.54. The minimum atomic E-state index is 0.627. The highest BCUT2D eigenvalue weighted by Crippen LogP contribution is 2.37. The second-order valence-electron chi connectivity index (χ2n) is 6.38. The molecule has 0 aliphatic carbocycles. The van der Waals surface area contributed by atoms with Crippen LogP contribution >= 0.6 is 11.8 Å². The lowest BCUT2D eigenvalue weighted by atomic mass is 10.0. The third kappa shape index (κ3) is 4.16. The molecule has 0 saturated carbocycles. The number of hydrogen-bond acceptors (Lipinski definition) is 7. The van der Waals surface area contributed by atoms with Crippen molar-refractivity contribution in [2.75, 3.05) is 34.7 Å². The van der Waals surface area contributed by atoms with Gasteiger partial charge in [-0.2, -0.15) is 0 Å². The normalized spacial score (nSPS) is 10.6. The molecule has 0 unspecified atom stereocenters. The van der Waals surface area contributed by atoms with Gasteiger partial charge < -0.3 is 18.9 Å². The Kier molecular flexibility index (Phi) is 7.05. The van der Waals surface area contributed by atoms with E-state index in [1.54, 1.807) is 40.2 Å². The van der Waals surface area contributed by atoms with Crippen LogP contribution in [0.5, 0.6) is 23.0 Å². The summed E-state index contributed by atoms with van der Waals surface area (Å²) in [6.45, 7) is 2.11. The van der Waals surface area contributed by atoms with Crippen molar-refractivity contribution in [2.24, 2.45) is 0 Å². The number of aromatic nitrogens is 2. The van der Waals surface area contributed by atoms with Crippen molar-refractivity contribution in [3.05, 3.63) is 42.0 Å². The van der Waals surface area contributed by atoms with E-state index in [4.69, 9.17) is 28.9 Å². The summed E-state index contributed by atoms with van der Waals surface area (Å²) in [5, 5.41) is 0.946. The number of nitrogens with zero attached hydrogens (tertiary/aromatic N) is 2. The van der Waals surface area contributed by atoms with Crippen LogP contribution in [0, 0.1) is 0 Å². The third-order valence-electron chi connectivity index (χ3n) is 4.81. The van der Waals surface area contributed by atoms with Gasteiger partial charge in [0.05, 0.1) is 34.1 Å². The molecule has 0 bridgehead atoms. The molecule has 0 aliphatic rings. The molecule has 30 heavy (non-hydrogen) atoms. The van der Waals surface area contributed by atoms with Crippen molar-refractivity contribution in [1.82, 2.24) is 9.97 Å². The minimum absolute atomic E-state index is 0.627. The van der Waals surface area contributed by atoms with Crippen LogP contribution in [0.25, 0.3) is 22.6 Å². The molecule has 0 saturated heterocycles. The van der Waals surface area contributed by atoms with Crippen LogP contribution in [0.2, 0.25) is 0 Å². The number of thioether (sulfide) groups is 1. The van der Waals surface area contributed by atoms with Gasteiger partial charge >= 0.3 is 0 Å².